The van der Waals surface area contributed by atoms with Crippen LogP contribution >= 0.6 is 0 Å². The van der Waals surface area contributed by atoms with Gasteiger partial charge in [-0.05, 0) is 86.6 Å². The van der Waals surface area contributed by atoms with E-state index in [9.17, 15) is 4.79 Å². The van der Waals surface area contributed by atoms with E-state index in [4.69, 9.17) is 9.84 Å². The van der Waals surface area contributed by atoms with Gasteiger partial charge < -0.3 is 14.7 Å². The number of benzene rings is 1. The zero-order valence-corrected chi connectivity index (χ0v) is 17.8. The highest BCUT2D eigenvalue weighted by Crippen LogP contribution is 2.39. The van der Waals surface area contributed by atoms with E-state index < -0.39 is 5.97 Å². The Balaban J connectivity index is 1.44. The average Bonchev–Trinajstić information content (AvgIpc) is 3.11. The lowest BCUT2D eigenvalue weighted by Gasteiger charge is -2.37. The van der Waals surface area contributed by atoms with E-state index in [-0.39, 0.29) is 6.42 Å². The molecule has 1 saturated carbocycles. The van der Waals surface area contributed by atoms with Gasteiger partial charge in [-0.3, -0.25) is 4.79 Å². The number of carboxylic acid groups (broad SMARTS) is 1. The molecule has 156 valence electrons. The second-order valence-electron chi connectivity index (χ2n) is 9.81. The molecule has 0 amide bonds. The summed E-state index contributed by atoms with van der Waals surface area (Å²) in [5.41, 5.74) is 1.79. The fraction of sp³-hybridized carbons (Fsp3) is 0.708. The Labute approximate surface area is 170 Å². The smallest absolute Gasteiger partial charge is 0.303 e. The summed E-state index contributed by atoms with van der Waals surface area (Å²) in [6, 6.07) is 8.72. The monoisotopic (exact) mass is 387 g/mol. The van der Waals surface area contributed by atoms with Crippen LogP contribution in [0, 0.1) is 11.3 Å². The van der Waals surface area contributed by atoms with E-state index in [2.05, 4.69) is 49.9 Å². The lowest BCUT2D eigenvalue weighted by molar-refractivity contribution is -0.137. The van der Waals surface area contributed by atoms with Crippen LogP contribution in [0.1, 0.15) is 77.2 Å². The van der Waals surface area contributed by atoms with Gasteiger partial charge in [0.25, 0.3) is 0 Å². The zero-order chi connectivity index (χ0) is 20.1. The topological polar surface area (TPSA) is 49.8 Å². The molecule has 4 heteroatoms. The van der Waals surface area contributed by atoms with Gasteiger partial charge in [0, 0.05) is 13.0 Å². The molecular weight excluding hydrogens is 350 g/mol. The summed E-state index contributed by atoms with van der Waals surface area (Å²) in [5, 5.41) is 8.78. The number of rotatable bonds is 7. The lowest BCUT2D eigenvalue weighted by atomic mass is 9.72. The lowest BCUT2D eigenvalue weighted by Crippen LogP contribution is -2.30. The van der Waals surface area contributed by atoms with Crippen molar-refractivity contribution in [1.29, 1.82) is 0 Å². The molecule has 1 aliphatic heterocycles. The highest BCUT2D eigenvalue weighted by atomic mass is 16.5. The molecule has 2 aliphatic rings. The summed E-state index contributed by atoms with van der Waals surface area (Å²) in [4.78, 5) is 13.1. The van der Waals surface area contributed by atoms with Crippen molar-refractivity contribution in [2.75, 3.05) is 19.6 Å². The van der Waals surface area contributed by atoms with Crippen molar-refractivity contribution in [3.63, 3.8) is 0 Å². The third kappa shape index (κ3) is 5.97. The Hall–Kier alpha value is -1.55. The Morgan fingerprint density at radius 3 is 2.39 bits per heavy atom. The molecule has 1 heterocycles. The predicted octanol–water partition coefficient (Wildman–Crippen LogP) is 5.32. The zero-order valence-electron chi connectivity index (χ0n) is 17.8. The summed E-state index contributed by atoms with van der Waals surface area (Å²) in [6.45, 7) is 10.1. The SMILES string of the molecule is CC(C)(C)C1CCC(Oc2ccc(C3CCN(CCCC(=O)O)C3)cc2)CC1. The molecular formula is C24H37NO3. The molecule has 1 aromatic carbocycles. The minimum Gasteiger partial charge on any atom is -0.490 e. The summed E-state index contributed by atoms with van der Waals surface area (Å²) in [5.74, 6) is 1.68. The molecule has 1 saturated heterocycles. The van der Waals surface area contributed by atoms with E-state index in [1.54, 1.807) is 0 Å². The number of nitrogens with zero attached hydrogens (tertiary/aromatic N) is 1. The maximum Gasteiger partial charge on any atom is 0.303 e. The molecule has 0 radical (unpaired) electrons. The van der Waals surface area contributed by atoms with E-state index in [1.165, 1.54) is 18.4 Å². The minimum atomic E-state index is -0.696. The maximum atomic E-state index is 10.7. The number of carbonyl (C=O) groups is 1. The van der Waals surface area contributed by atoms with Crippen LogP contribution in [0.25, 0.3) is 0 Å². The van der Waals surface area contributed by atoms with Gasteiger partial charge in [-0.2, -0.15) is 0 Å². The Morgan fingerprint density at radius 1 is 1.11 bits per heavy atom. The second-order valence-corrected chi connectivity index (χ2v) is 9.81. The summed E-state index contributed by atoms with van der Waals surface area (Å²) < 4.78 is 6.26. The molecule has 4 nitrogen and oxygen atoms in total. The van der Waals surface area contributed by atoms with Gasteiger partial charge in [0.05, 0.1) is 6.10 Å². The van der Waals surface area contributed by atoms with E-state index >= 15 is 0 Å². The fourth-order valence-electron chi connectivity index (χ4n) is 4.82. The van der Waals surface area contributed by atoms with Gasteiger partial charge in [-0.1, -0.05) is 32.9 Å². The first-order valence-electron chi connectivity index (χ1n) is 11.0. The van der Waals surface area contributed by atoms with Crippen molar-refractivity contribution in [2.24, 2.45) is 11.3 Å². The minimum absolute atomic E-state index is 0.269. The third-order valence-corrected chi connectivity index (χ3v) is 6.69. The summed E-state index contributed by atoms with van der Waals surface area (Å²) in [6.07, 6.45) is 7.40. The number of ether oxygens (including phenoxy) is 1. The highest BCUT2D eigenvalue weighted by Gasteiger charge is 2.30. The standard InChI is InChI=1S/C24H37NO3/c1-24(2,3)20-8-12-22(13-9-20)28-21-10-6-18(7-11-21)19-14-16-25(17-19)15-4-5-23(26)27/h6-7,10-11,19-20,22H,4-5,8-9,12-17H2,1-3H3,(H,26,27). The molecule has 0 spiro atoms. The quantitative estimate of drug-likeness (QED) is 0.687. The van der Waals surface area contributed by atoms with Crippen molar-refractivity contribution in [3.05, 3.63) is 29.8 Å². The van der Waals surface area contributed by atoms with Gasteiger partial charge >= 0.3 is 5.97 Å². The maximum absolute atomic E-state index is 10.7. The largest absolute Gasteiger partial charge is 0.490 e. The molecule has 2 fully saturated rings. The van der Waals surface area contributed by atoms with Gasteiger partial charge in [-0.25, -0.2) is 0 Å². The molecule has 1 aromatic rings. The van der Waals surface area contributed by atoms with E-state index in [1.807, 2.05) is 0 Å². The van der Waals surface area contributed by atoms with Crippen molar-refractivity contribution >= 4 is 5.97 Å². The predicted molar refractivity (Wildman–Crippen MR) is 113 cm³/mol. The van der Waals surface area contributed by atoms with E-state index in [0.29, 0.717) is 17.4 Å². The molecule has 1 aliphatic carbocycles. The molecule has 3 rings (SSSR count). The van der Waals surface area contributed by atoms with Crippen LogP contribution in [0.2, 0.25) is 0 Å². The van der Waals surface area contributed by atoms with Crippen LogP contribution in [-0.2, 0) is 4.79 Å². The first-order valence-corrected chi connectivity index (χ1v) is 11.0. The molecule has 28 heavy (non-hydrogen) atoms. The Morgan fingerprint density at radius 2 is 1.79 bits per heavy atom. The van der Waals surface area contributed by atoms with Crippen molar-refractivity contribution in [3.8, 4) is 5.75 Å². The van der Waals surface area contributed by atoms with Crippen molar-refractivity contribution < 1.29 is 14.6 Å². The first kappa shape index (κ1) is 21.2. The first-order chi connectivity index (χ1) is 13.3. The van der Waals surface area contributed by atoms with Crippen LogP contribution in [0.3, 0.4) is 0 Å². The van der Waals surface area contributed by atoms with Crippen LogP contribution in [0.15, 0.2) is 24.3 Å². The summed E-state index contributed by atoms with van der Waals surface area (Å²) in [7, 11) is 0. The van der Waals surface area contributed by atoms with Crippen LogP contribution in [0.4, 0.5) is 0 Å². The highest BCUT2D eigenvalue weighted by molar-refractivity contribution is 5.66. The number of hydrogen-bond donors (Lipinski definition) is 1. The van der Waals surface area contributed by atoms with Crippen molar-refractivity contribution in [2.45, 2.75) is 77.7 Å². The number of carboxylic acids is 1. The van der Waals surface area contributed by atoms with Crippen LogP contribution < -0.4 is 4.74 Å². The van der Waals surface area contributed by atoms with Gasteiger partial charge in [0.2, 0.25) is 0 Å². The Kier molecular flexibility index (Phi) is 7.03. The second kappa shape index (κ2) is 9.30. The van der Waals surface area contributed by atoms with Gasteiger partial charge in [0.1, 0.15) is 5.75 Å². The number of aliphatic carboxylic acids is 1. The number of likely N-dealkylation sites (tertiary alicyclic amines) is 1. The average molecular weight is 388 g/mol. The number of hydrogen-bond acceptors (Lipinski definition) is 3. The third-order valence-electron chi connectivity index (χ3n) is 6.69. The fourth-order valence-corrected chi connectivity index (χ4v) is 4.82. The van der Waals surface area contributed by atoms with Crippen LogP contribution in [0.5, 0.6) is 5.75 Å². The summed E-state index contributed by atoms with van der Waals surface area (Å²) >= 11 is 0. The molecule has 1 atom stereocenters. The van der Waals surface area contributed by atoms with E-state index in [0.717, 1.165) is 57.0 Å². The normalized spacial score (nSPS) is 26.3. The van der Waals surface area contributed by atoms with Gasteiger partial charge in [-0.15, -0.1) is 0 Å². The molecule has 0 bridgehead atoms. The molecule has 1 unspecified atom stereocenters. The van der Waals surface area contributed by atoms with Crippen molar-refractivity contribution in [1.82, 2.24) is 4.90 Å². The Bertz CT molecular complexity index is 626. The van der Waals surface area contributed by atoms with Crippen LogP contribution in [-0.4, -0.2) is 41.7 Å². The molecule has 0 aromatic heterocycles. The van der Waals surface area contributed by atoms with Gasteiger partial charge in [0.15, 0.2) is 0 Å². The molecule has 1 N–H and O–H groups in total.